The number of ether oxygens (including phenoxy) is 1. The zero-order valence-electron chi connectivity index (χ0n) is 13.3. The lowest BCUT2D eigenvalue weighted by Gasteiger charge is -2.31. The summed E-state index contributed by atoms with van der Waals surface area (Å²) in [7, 11) is 4.29. The van der Waals surface area contributed by atoms with Crippen molar-refractivity contribution in [2.24, 2.45) is 5.92 Å². The van der Waals surface area contributed by atoms with Crippen LogP contribution >= 0.6 is 0 Å². The quantitative estimate of drug-likeness (QED) is 0.881. The van der Waals surface area contributed by atoms with Gasteiger partial charge in [0.1, 0.15) is 11.7 Å². The maximum Gasteiger partial charge on any atom is 0.374 e. The molecule has 2 aromatic rings. The number of para-hydroxylation sites is 1. The SMILES string of the molecule is C[NH+](C)C[C@@H]1CCCC[C@H]1OC(=O)c1cc2ccccc2o1. The highest BCUT2D eigenvalue weighted by atomic mass is 16.6. The number of hydrogen-bond donors (Lipinski definition) is 1. The molecule has 1 saturated carbocycles. The highest BCUT2D eigenvalue weighted by Gasteiger charge is 2.31. The smallest absolute Gasteiger partial charge is 0.374 e. The molecular weight excluding hydrogens is 278 g/mol. The fourth-order valence-corrected chi connectivity index (χ4v) is 3.36. The lowest BCUT2D eigenvalue weighted by atomic mass is 9.86. The molecule has 4 heteroatoms. The highest BCUT2D eigenvalue weighted by molar-refractivity contribution is 5.92. The third-order valence-electron chi connectivity index (χ3n) is 4.39. The second-order valence-electron chi connectivity index (χ2n) is 6.55. The Morgan fingerprint density at radius 3 is 2.82 bits per heavy atom. The van der Waals surface area contributed by atoms with E-state index in [2.05, 4.69) is 14.1 Å². The van der Waals surface area contributed by atoms with Crippen LogP contribution in [0.25, 0.3) is 11.0 Å². The normalized spacial score (nSPS) is 22.1. The van der Waals surface area contributed by atoms with Crippen LogP contribution < -0.4 is 4.90 Å². The molecule has 2 atom stereocenters. The number of quaternary nitrogens is 1. The fraction of sp³-hybridized carbons (Fsp3) is 0.500. The third kappa shape index (κ3) is 3.33. The van der Waals surface area contributed by atoms with Crippen LogP contribution in [0, 0.1) is 5.92 Å². The summed E-state index contributed by atoms with van der Waals surface area (Å²) in [6.07, 6.45) is 4.49. The van der Waals surface area contributed by atoms with Crippen molar-refractivity contribution in [1.82, 2.24) is 0 Å². The van der Waals surface area contributed by atoms with Crippen LogP contribution in [0.15, 0.2) is 34.7 Å². The summed E-state index contributed by atoms with van der Waals surface area (Å²) < 4.78 is 11.4. The van der Waals surface area contributed by atoms with Gasteiger partial charge in [0.25, 0.3) is 0 Å². The number of nitrogens with one attached hydrogen (secondary N) is 1. The van der Waals surface area contributed by atoms with Gasteiger partial charge in [0.15, 0.2) is 0 Å². The van der Waals surface area contributed by atoms with Gasteiger partial charge >= 0.3 is 5.97 Å². The average Bonchev–Trinajstić information content (AvgIpc) is 2.93. The number of furan rings is 1. The fourth-order valence-electron chi connectivity index (χ4n) is 3.36. The average molecular weight is 302 g/mol. The third-order valence-corrected chi connectivity index (χ3v) is 4.39. The van der Waals surface area contributed by atoms with Crippen LogP contribution in [0.1, 0.15) is 36.2 Å². The number of esters is 1. The van der Waals surface area contributed by atoms with Crippen molar-refractivity contribution in [2.75, 3.05) is 20.6 Å². The minimum absolute atomic E-state index is 0.0179. The Balaban J connectivity index is 1.71. The van der Waals surface area contributed by atoms with Crippen LogP contribution in [-0.4, -0.2) is 32.7 Å². The topological polar surface area (TPSA) is 43.9 Å². The minimum Gasteiger partial charge on any atom is -0.456 e. The van der Waals surface area contributed by atoms with Gasteiger partial charge in [-0.25, -0.2) is 4.79 Å². The molecule has 3 rings (SSSR count). The first-order chi connectivity index (χ1) is 10.6. The Morgan fingerprint density at radius 2 is 2.05 bits per heavy atom. The standard InChI is InChI=1S/C18H23NO3/c1-19(2)12-14-8-4-6-10-16(14)22-18(20)17-11-13-7-3-5-9-15(13)21-17/h3,5,7,9,11,14,16H,4,6,8,10,12H2,1-2H3/p+1/t14-,16+/m0/s1. The molecule has 0 spiro atoms. The van der Waals surface area contributed by atoms with Crippen molar-refractivity contribution >= 4 is 16.9 Å². The van der Waals surface area contributed by atoms with Crippen molar-refractivity contribution in [2.45, 2.75) is 31.8 Å². The summed E-state index contributed by atoms with van der Waals surface area (Å²) in [5.74, 6) is 0.427. The van der Waals surface area contributed by atoms with E-state index < -0.39 is 0 Å². The van der Waals surface area contributed by atoms with Crippen LogP contribution in [0.3, 0.4) is 0 Å². The van der Waals surface area contributed by atoms with Gasteiger partial charge in [-0.15, -0.1) is 0 Å². The number of hydrogen-bond acceptors (Lipinski definition) is 3. The summed E-state index contributed by atoms with van der Waals surface area (Å²) in [6.45, 7) is 1.04. The largest absolute Gasteiger partial charge is 0.456 e. The van der Waals surface area contributed by atoms with Gasteiger partial charge in [0, 0.05) is 11.3 Å². The lowest BCUT2D eigenvalue weighted by molar-refractivity contribution is -0.862. The van der Waals surface area contributed by atoms with Crippen LogP contribution in [0.4, 0.5) is 0 Å². The second-order valence-corrected chi connectivity index (χ2v) is 6.55. The van der Waals surface area contributed by atoms with Gasteiger partial charge in [0.05, 0.1) is 20.6 Å². The maximum atomic E-state index is 12.4. The summed E-state index contributed by atoms with van der Waals surface area (Å²) in [6, 6.07) is 9.41. The zero-order chi connectivity index (χ0) is 15.5. The monoisotopic (exact) mass is 302 g/mol. The molecule has 0 amide bonds. The molecule has 1 heterocycles. The molecule has 1 aliphatic rings. The van der Waals surface area contributed by atoms with Gasteiger partial charge in [0.2, 0.25) is 5.76 Å². The Bertz CT molecular complexity index is 614. The summed E-state index contributed by atoms with van der Waals surface area (Å²) >= 11 is 0. The van der Waals surface area contributed by atoms with Crippen molar-refractivity contribution in [3.63, 3.8) is 0 Å². The molecule has 0 radical (unpaired) electrons. The first kappa shape index (κ1) is 15.1. The first-order valence-electron chi connectivity index (χ1n) is 8.12. The van der Waals surface area contributed by atoms with Gasteiger partial charge < -0.3 is 14.1 Å². The Morgan fingerprint density at radius 1 is 1.27 bits per heavy atom. The van der Waals surface area contributed by atoms with E-state index in [0.29, 0.717) is 11.7 Å². The molecule has 0 unspecified atom stereocenters. The van der Waals surface area contributed by atoms with Gasteiger partial charge in [-0.3, -0.25) is 0 Å². The van der Waals surface area contributed by atoms with Crippen molar-refractivity contribution in [3.8, 4) is 0 Å². The highest BCUT2D eigenvalue weighted by Crippen LogP contribution is 2.27. The Labute approximate surface area is 131 Å². The molecule has 1 fully saturated rings. The molecule has 1 aromatic carbocycles. The Hall–Kier alpha value is -1.81. The maximum absolute atomic E-state index is 12.4. The molecule has 0 aliphatic heterocycles. The van der Waals surface area contributed by atoms with Crippen LogP contribution in [0.5, 0.6) is 0 Å². The van der Waals surface area contributed by atoms with Gasteiger partial charge in [-0.1, -0.05) is 24.6 Å². The van der Waals surface area contributed by atoms with E-state index in [4.69, 9.17) is 9.15 Å². The van der Waals surface area contributed by atoms with Gasteiger partial charge in [-0.05, 0) is 31.4 Å². The number of carbonyl (C=O) groups is 1. The first-order valence-corrected chi connectivity index (χ1v) is 8.12. The molecule has 1 aromatic heterocycles. The van der Waals surface area contributed by atoms with Gasteiger partial charge in [-0.2, -0.15) is 0 Å². The number of fused-ring (bicyclic) bond motifs is 1. The van der Waals surface area contributed by atoms with E-state index in [0.717, 1.165) is 36.8 Å². The predicted octanol–water partition coefficient (Wildman–Crippen LogP) is 2.29. The van der Waals surface area contributed by atoms with Crippen molar-refractivity contribution in [3.05, 3.63) is 36.1 Å². The second kappa shape index (κ2) is 6.53. The van der Waals surface area contributed by atoms with Crippen molar-refractivity contribution in [1.29, 1.82) is 0 Å². The van der Waals surface area contributed by atoms with E-state index in [1.54, 1.807) is 6.07 Å². The molecule has 1 N–H and O–H groups in total. The number of carbonyl (C=O) groups excluding carboxylic acids is 1. The Kier molecular flexibility index (Phi) is 4.48. The van der Waals surface area contributed by atoms with Crippen LogP contribution in [-0.2, 0) is 4.74 Å². The summed E-state index contributed by atoms with van der Waals surface area (Å²) in [4.78, 5) is 13.8. The predicted molar refractivity (Wildman–Crippen MR) is 85.1 cm³/mol. The molecule has 1 aliphatic carbocycles. The zero-order valence-corrected chi connectivity index (χ0v) is 13.3. The number of benzene rings is 1. The van der Waals surface area contributed by atoms with E-state index in [1.807, 2.05) is 24.3 Å². The summed E-state index contributed by atoms with van der Waals surface area (Å²) in [5.41, 5.74) is 0.729. The lowest BCUT2D eigenvalue weighted by Crippen LogP contribution is -3.06. The number of rotatable bonds is 4. The molecule has 22 heavy (non-hydrogen) atoms. The molecule has 0 saturated heterocycles. The summed E-state index contributed by atoms with van der Waals surface area (Å²) in [5, 5.41) is 0.937. The molecular formula is C18H24NO3+. The van der Waals surface area contributed by atoms with E-state index in [1.165, 1.54) is 11.3 Å². The van der Waals surface area contributed by atoms with E-state index in [9.17, 15) is 4.79 Å². The van der Waals surface area contributed by atoms with Crippen LogP contribution in [0.2, 0.25) is 0 Å². The van der Waals surface area contributed by atoms with E-state index >= 15 is 0 Å². The van der Waals surface area contributed by atoms with E-state index in [-0.39, 0.29) is 12.1 Å². The molecule has 0 bridgehead atoms. The minimum atomic E-state index is -0.332. The molecule has 4 nitrogen and oxygen atoms in total. The van der Waals surface area contributed by atoms with Crippen molar-refractivity contribution < 1.29 is 18.8 Å². The molecule has 118 valence electrons.